The molecule has 2 aliphatic rings. The van der Waals surface area contributed by atoms with Crippen LogP contribution in [0, 0.1) is 12.8 Å². The van der Waals surface area contributed by atoms with Crippen LogP contribution in [0.5, 0.6) is 0 Å². The number of hydrogen-bond acceptors (Lipinski definition) is 3. The number of nitrogens with zero attached hydrogens (tertiary/aromatic N) is 1. The lowest BCUT2D eigenvalue weighted by Crippen LogP contribution is -2.46. The molecule has 2 fully saturated rings. The van der Waals surface area contributed by atoms with Gasteiger partial charge in [0, 0.05) is 30.1 Å². The minimum Gasteiger partial charge on any atom is -0.377 e. The molecular formula is C21H24ClNO3S. The highest BCUT2D eigenvalue weighted by molar-refractivity contribution is 7.89. The molecule has 0 bridgehead atoms. The van der Waals surface area contributed by atoms with E-state index in [0.29, 0.717) is 18.0 Å². The van der Waals surface area contributed by atoms with Gasteiger partial charge in [-0.25, -0.2) is 8.42 Å². The Morgan fingerprint density at radius 2 is 1.78 bits per heavy atom. The van der Waals surface area contributed by atoms with Crippen molar-refractivity contribution in [3.63, 3.8) is 0 Å². The fourth-order valence-electron chi connectivity index (χ4n) is 4.31. The Labute approximate surface area is 166 Å². The zero-order valence-corrected chi connectivity index (χ0v) is 16.9. The van der Waals surface area contributed by atoms with E-state index in [4.69, 9.17) is 16.3 Å². The quantitative estimate of drug-likeness (QED) is 0.770. The first-order chi connectivity index (χ1) is 12.9. The second-order valence-electron chi connectivity index (χ2n) is 7.48. The Bertz CT molecular complexity index is 896. The maximum Gasteiger partial charge on any atom is 0.243 e. The molecule has 2 aromatic carbocycles. The molecule has 0 aliphatic carbocycles. The summed E-state index contributed by atoms with van der Waals surface area (Å²) in [5.41, 5.74) is 2.23. The molecule has 0 radical (unpaired) electrons. The van der Waals surface area contributed by atoms with E-state index >= 15 is 0 Å². The highest BCUT2D eigenvalue weighted by atomic mass is 35.5. The van der Waals surface area contributed by atoms with Gasteiger partial charge in [0.25, 0.3) is 0 Å². The molecule has 2 aromatic rings. The van der Waals surface area contributed by atoms with Crippen molar-refractivity contribution in [2.24, 2.45) is 5.92 Å². The third kappa shape index (κ3) is 3.79. The van der Waals surface area contributed by atoms with Crippen LogP contribution in [0.3, 0.4) is 0 Å². The number of benzene rings is 2. The predicted octanol–water partition coefficient (Wildman–Crippen LogP) is 4.06. The van der Waals surface area contributed by atoms with Crippen molar-refractivity contribution >= 4 is 21.6 Å². The largest absolute Gasteiger partial charge is 0.377 e. The molecule has 4 rings (SSSR count). The number of aryl methyl sites for hydroxylation is 1. The normalized spacial score (nSPS) is 26.1. The molecule has 2 saturated heterocycles. The number of fused-ring (bicyclic) bond motifs is 1. The van der Waals surface area contributed by atoms with Crippen LogP contribution in [0.4, 0.5) is 0 Å². The van der Waals surface area contributed by atoms with Crippen LogP contribution < -0.4 is 0 Å². The van der Waals surface area contributed by atoms with Gasteiger partial charge in [-0.3, -0.25) is 0 Å². The molecule has 144 valence electrons. The monoisotopic (exact) mass is 405 g/mol. The first kappa shape index (κ1) is 18.9. The number of sulfonamides is 1. The maximum absolute atomic E-state index is 13.2. The van der Waals surface area contributed by atoms with Crippen LogP contribution in [0.15, 0.2) is 53.4 Å². The topological polar surface area (TPSA) is 46.6 Å². The van der Waals surface area contributed by atoms with E-state index in [1.54, 1.807) is 16.4 Å². The second-order valence-corrected chi connectivity index (χ2v) is 9.80. The Morgan fingerprint density at radius 3 is 2.48 bits per heavy atom. The van der Waals surface area contributed by atoms with Crippen LogP contribution in [0.25, 0.3) is 0 Å². The van der Waals surface area contributed by atoms with Crippen molar-refractivity contribution in [1.82, 2.24) is 4.31 Å². The predicted molar refractivity (Wildman–Crippen MR) is 106 cm³/mol. The van der Waals surface area contributed by atoms with Crippen molar-refractivity contribution in [2.45, 2.75) is 43.2 Å². The summed E-state index contributed by atoms with van der Waals surface area (Å²) in [7, 11) is -3.47. The van der Waals surface area contributed by atoms with Gasteiger partial charge in [0.15, 0.2) is 0 Å². The third-order valence-corrected chi connectivity index (χ3v) is 7.94. The van der Waals surface area contributed by atoms with E-state index in [0.717, 1.165) is 29.8 Å². The van der Waals surface area contributed by atoms with Gasteiger partial charge in [0.1, 0.15) is 0 Å². The SMILES string of the molecule is Cc1ccc(S(=O)(=O)N2CC[C@@H]3[C@H](Cc4ccc(Cl)cc4)OCC[C@@H]32)cc1. The summed E-state index contributed by atoms with van der Waals surface area (Å²) >= 11 is 5.98. The van der Waals surface area contributed by atoms with Gasteiger partial charge >= 0.3 is 0 Å². The van der Waals surface area contributed by atoms with E-state index in [-0.39, 0.29) is 18.1 Å². The lowest BCUT2D eigenvalue weighted by atomic mass is 9.86. The van der Waals surface area contributed by atoms with Crippen molar-refractivity contribution < 1.29 is 13.2 Å². The minimum atomic E-state index is -3.47. The van der Waals surface area contributed by atoms with Crippen molar-refractivity contribution in [1.29, 1.82) is 0 Å². The van der Waals surface area contributed by atoms with Gasteiger partial charge in [-0.15, -0.1) is 0 Å². The average molecular weight is 406 g/mol. The fraction of sp³-hybridized carbons (Fsp3) is 0.429. The summed E-state index contributed by atoms with van der Waals surface area (Å²) in [6.07, 6.45) is 2.43. The standard InChI is InChI=1S/C21H24ClNO3S/c1-15-2-8-18(9-3-15)27(24,25)23-12-10-19-20(23)11-13-26-21(19)14-16-4-6-17(22)7-5-16/h2-9,19-21H,10-14H2,1H3/t19-,20-,21-/m0/s1. The van der Waals surface area contributed by atoms with Crippen LogP contribution in [0.2, 0.25) is 5.02 Å². The third-order valence-electron chi connectivity index (χ3n) is 5.75. The molecule has 6 heteroatoms. The van der Waals surface area contributed by atoms with Gasteiger partial charge in [0.05, 0.1) is 11.0 Å². The molecule has 0 N–H and O–H groups in total. The summed E-state index contributed by atoms with van der Waals surface area (Å²) in [4.78, 5) is 0.384. The lowest BCUT2D eigenvalue weighted by molar-refractivity contribution is -0.0381. The smallest absolute Gasteiger partial charge is 0.243 e. The summed E-state index contributed by atoms with van der Waals surface area (Å²) in [5, 5.41) is 0.720. The maximum atomic E-state index is 13.2. The molecule has 0 spiro atoms. The van der Waals surface area contributed by atoms with Gasteiger partial charge in [-0.1, -0.05) is 41.4 Å². The van der Waals surface area contributed by atoms with E-state index in [2.05, 4.69) is 0 Å². The van der Waals surface area contributed by atoms with Crippen molar-refractivity contribution in [2.75, 3.05) is 13.2 Å². The number of halogens is 1. The Kier molecular flexibility index (Phi) is 5.30. The summed E-state index contributed by atoms with van der Waals surface area (Å²) in [6, 6.07) is 15.0. The number of hydrogen-bond donors (Lipinski definition) is 0. The van der Waals surface area contributed by atoms with Crippen LogP contribution in [0.1, 0.15) is 24.0 Å². The van der Waals surface area contributed by atoms with Gasteiger partial charge in [0.2, 0.25) is 10.0 Å². The average Bonchev–Trinajstić information content (AvgIpc) is 3.10. The van der Waals surface area contributed by atoms with Crippen LogP contribution >= 0.6 is 11.6 Å². The molecule has 0 amide bonds. The first-order valence-electron chi connectivity index (χ1n) is 9.40. The molecule has 3 atom stereocenters. The van der Waals surface area contributed by atoms with Gasteiger partial charge in [-0.05, 0) is 56.0 Å². The molecule has 2 aliphatic heterocycles. The number of ether oxygens (including phenoxy) is 1. The number of rotatable bonds is 4. The summed E-state index contributed by atoms with van der Waals surface area (Å²) in [5.74, 6) is 0.231. The second kappa shape index (κ2) is 7.55. The van der Waals surface area contributed by atoms with Crippen LogP contribution in [-0.2, 0) is 21.2 Å². The Hall–Kier alpha value is -1.40. The van der Waals surface area contributed by atoms with E-state index in [9.17, 15) is 8.42 Å². The van der Waals surface area contributed by atoms with E-state index in [1.165, 1.54) is 5.56 Å². The zero-order chi connectivity index (χ0) is 19.0. The summed E-state index contributed by atoms with van der Waals surface area (Å²) < 4.78 is 34.1. The highest BCUT2D eigenvalue weighted by Crippen LogP contribution is 2.38. The van der Waals surface area contributed by atoms with Gasteiger partial charge in [-0.2, -0.15) is 4.31 Å². The lowest BCUT2D eigenvalue weighted by Gasteiger charge is -2.36. The molecule has 0 aromatic heterocycles. The highest BCUT2D eigenvalue weighted by Gasteiger charge is 2.46. The minimum absolute atomic E-state index is 0.0161. The van der Waals surface area contributed by atoms with Crippen molar-refractivity contribution in [3.05, 3.63) is 64.7 Å². The first-order valence-corrected chi connectivity index (χ1v) is 11.2. The molecule has 0 saturated carbocycles. The van der Waals surface area contributed by atoms with Gasteiger partial charge < -0.3 is 4.74 Å². The van der Waals surface area contributed by atoms with E-state index in [1.807, 2.05) is 43.3 Å². The summed E-state index contributed by atoms with van der Waals surface area (Å²) in [6.45, 7) is 3.12. The fourth-order valence-corrected chi connectivity index (χ4v) is 6.15. The molecular weight excluding hydrogens is 382 g/mol. The van der Waals surface area contributed by atoms with E-state index < -0.39 is 10.0 Å². The molecule has 0 unspecified atom stereocenters. The molecule has 27 heavy (non-hydrogen) atoms. The Morgan fingerprint density at radius 1 is 1.07 bits per heavy atom. The zero-order valence-electron chi connectivity index (χ0n) is 15.3. The van der Waals surface area contributed by atoms with Crippen molar-refractivity contribution in [3.8, 4) is 0 Å². The van der Waals surface area contributed by atoms with Crippen LogP contribution in [-0.4, -0.2) is 38.0 Å². The molecule has 4 nitrogen and oxygen atoms in total. The Balaban J connectivity index is 1.54. The molecule has 2 heterocycles.